The van der Waals surface area contributed by atoms with Gasteiger partial charge < -0.3 is 15.4 Å². The second-order valence-corrected chi connectivity index (χ2v) is 5.81. The van der Waals surface area contributed by atoms with E-state index in [2.05, 4.69) is 10.6 Å². The van der Waals surface area contributed by atoms with Crippen molar-refractivity contribution in [3.8, 4) is 11.8 Å². The zero-order chi connectivity index (χ0) is 20.0. The first-order valence-electron chi connectivity index (χ1n) is 7.62. The number of hydrogen-bond donors (Lipinski definition) is 2. The number of nitrogens with zero attached hydrogens (tertiary/aromatic N) is 2. The minimum atomic E-state index is -0.697. The van der Waals surface area contributed by atoms with Gasteiger partial charge in [0.15, 0.2) is 0 Å². The Morgan fingerprint density at radius 2 is 2.04 bits per heavy atom. The number of hydrogen-bond acceptors (Lipinski definition) is 6. The Kier molecular flexibility index (Phi) is 6.36. The maximum atomic E-state index is 12.3. The summed E-state index contributed by atoms with van der Waals surface area (Å²) >= 11 is 5.94. The Balaban J connectivity index is 2.21. The number of carbonyl (C=O) groups is 1. The maximum absolute atomic E-state index is 12.3. The third kappa shape index (κ3) is 4.96. The van der Waals surface area contributed by atoms with Crippen LogP contribution in [0.15, 0.2) is 48.2 Å². The highest BCUT2D eigenvalue weighted by Crippen LogP contribution is 2.29. The van der Waals surface area contributed by atoms with Crippen LogP contribution in [-0.4, -0.2) is 17.9 Å². The lowest BCUT2D eigenvalue weighted by molar-refractivity contribution is -0.384. The van der Waals surface area contributed by atoms with E-state index in [4.69, 9.17) is 16.3 Å². The Morgan fingerprint density at radius 3 is 2.67 bits per heavy atom. The average molecular weight is 387 g/mol. The summed E-state index contributed by atoms with van der Waals surface area (Å²) in [6, 6.07) is 10.7. The number of non-ortho nitro benzene ring substituents is 1. The van der Waals surface area contributed by atoms with Gasteiger partial charge >= 0.3 is 0 Å². The smallest absolute Gasteiger partial charge is 0.273 e. The van der Waals surface area contributed by atoms with E-state index in [1.54, 1.807) is 24.3 Å². The van der Waals surface area contributed by atoms with Crippen LogP contribution in [0, 0.1) is 28.4 Å². The number of benzene rings is 2. The summed E-state index contributed by atoms with van der Waals surface area (Å²) in [5.74, 6) is -0.592. The SMILES string of the molecule is COc1cc([N+](=O)[O-])ccc1NC(=O)/C(C#N)=C\Nc1cc(Cl)ccc1C. The fourth-order valence-electron chi connectivity index (χ4n) is 2.13. The van der Waals surface area contributed by atoms with E-state index < -0.39 is 10.8 Å². The molecule has 0 radical (unpaired) electrons. The Morgan fingerprint density at radius 1 is 1.30 bits per heavy atom. The van der Waals surface area contributed by atoms with Gasteiger partial charge in [-0.15, -0.1) is 0 Å². The molecule has 2 aromatic rings. The van der Waals surface area contributed by atoms with Crippen LogP contribution in [0.25, 0.3) is 0 Å². The molecule has 8 nitrogen and oxygen atoms in total. The van der Waals surface area contributed by atoms with E-state index in [0.29, 0.717) is 10.7 Å². The summed E-state index contributed by atoms with van der Waals surface area (Å²) in [6.07, 6.45) is 1.26. The molecule has 138 valence electrons. The normalized spacial score (nSPS) is 10.7. The molecular weight excluding hydrogens is 372 g/mol. The van der Waals surface area contributed by atoms with Gasteiger partial charge in [-0.25, -0.2) is 0 Å². The van der Waals surface area contributed by atoms with Gasteiger partial charge in [-0.2, -0.15) is 5.26 Å². The molecule has 9 heteroatoms. The lowest BCUT2D eigenvalue weighted by Gasteiger charge is -2.10. The highest BCUT2D eigenvalue weighted by molar-refractivity contribution is 6.30. The number of ether oxygens (including phenoxy) is 1. The molecule has 0 unspecified atom stereocenters. The molecule has 2 aromatic carbocycles. The zero-order valence-electron chi connectivity index (χ0n) is 14.4. The van der Waals surface area contributed by atoms with Crippen LogP contribution in [0.2, 0.25) is 5.02 Å². The van der Waals surface area contributed by atoms with Gasteiger partial charge in [-0.1, -0.05) is 17.7 Å². The van der Waals surface area contributed by atoms with E-state index in [0.717, 1.165) is 5.56 Å². The first kappa shape index (κ1) is 19.8. The van der Waals surface area contributed by atoms with Crippen LogP contribution >= 0.6 is 11.6 Å². The zero-order valence-corrected chi connectivity index (χ0v) is 15.2. The number of nitriles is 1. The molecule has 0 aromatic heterocycles. The minimum absolute atomic E-state index is 0.105. The second kappa shape index (κ2) is 8.69. The molecule has 0 saturated heterocycles. The quantitative estimate of drug-likeness (QED) is 0.335. The number of carbonyl (C=O) groups excluding carboxylic acids is 1. The van der Waals surface area contributed by atoms with Crippen LogP contribution in [0.4, 0.5) is 17.1 Å². The molecule has 27 heavy (non-hydrogen) atoms. The lowest BCUT2D eigenvalue weighted by Crippen LogP contribution is -2.15. The van der Waals surface area contributed by atoms with Crippen LogP contribution in [0.1, 0.15) is 5.56 Å². The first-order chi connectivity index (χ1) is 12.8. The highest BCUT2D eigenvalue weighted by Gasteiger charge is 2.16. The van der Waals surface area contributed by atoms with Crippen molar-refractivity contribution in [1.82, 2.24) is 0 Å². The monoisotopic (exact) mass is 386 g/mol. The fourth-order valence-corrected chi connectivity index (χ4v) is 2.31. The lowest BCUT2D eigenvalue weighted by atomic mass is 10.2. The summed E-state index contributed by atoms with van der Waals surface area (Å²) in [7, 11) is 1.32. The summed E-state index contributed by atoms with van der Waals surface area (Å²) in [5, 5.41) is 26.0. The second-order valence-electron chi connectivity index (χ2n) is 5.37. The van der Waals surface area contributed by atoms with Crippen LogP contribution in [0.5, 0.6) is 5.75 Å². The van der Waals surface area contributed by atoms with E-state index in [1.165, 1.54) is 31.5 Å². The number of halogens is 1. The molecule has 0 bridgehead atoms. The van der Waals surface area contributed by atoms with Crippen molar-refractivity contribution in [3.05, 3.63) is 68.9 Å². The Bertz CT molecular complexity index is 966. The van der Waals surface area contributed by atoms with Gasteiger partial charge in [0.1, 0.15) is 17.4 Å². The van der Waals surface area contributed by atoms with Crippen molar-refractivity contribution in [3.63, 3.8) is 0 Å². The van der Waals surface area contributed by atoms with E-state index >= 15 is 0 Å². The van der Waals surface area contributed by atoms with Crippen molar-refractivity contribution in [2.24, 2.45) is 0 Å². The van der Waals surface area contributed by atoms with Gasteiger partial charge in [0.05, 0.1) is 23.8 Å². The summed E-state index contributed by atoms with van der Waals surface area (Å²) in [5.41, 5.74) is 1.35. The maximum Gasteiger partial charge on any atom is 0.273 e. The number of methoxy groups -OCH3 is 1. The number of nitrogens with one attached hydrogen (secondary N) is 2. The molecule has 2 rings (SSSR count). The number of amides is 1. The van der Waals surface area contributed by atoms with Gasteiger partial charge in [0.25, 0.3) is 11.6 Å². The number of nitro benzene ring substituents is 1. The van der Waals surface area contributed by atoms with Crippen LogP contribution in [0.3, 0.4) is 0 Å². The largest absolute Gasteiger partial charge is 0.494 e. The fraction of sp³-hybridized carbons (Fsp3) is 0.111. The van der Waals surface area contributed by atoms with Crippen molar-refractivity contribution >= 4 is 34.6 Å². The molecule has 0 saturated carbocycles. The number of nitro groups is 1. The molecule has 0 atom stereocenters. The minimum Gasteiger partial charge on any atom is -0.494 e. The predicted octanol–water partition coefficient (Wildman–Crippen LogP) is 4.02. The number of anilines is 2. The van der Waals surface area contributed by atoms with E-state index in [-0.39, 0.29) is 22.7 Å². The van der Waals surface area contributed by atoms with E-state index in [9.17, 15) is 20.2 Å². The summed E-state index contributed by atoms with van der Waals surface area (Å²) in [4.78, 5) is 22.6. The van der Waals surface area contributed by atoms with Crippen LogP contribution < -0.4 is 15.4 Å². The van der Waals surface area contributed by atoms with E-state index in [1.807, 2.05) is 6.92 Å². The predicted molar refractivity (Wildman–Crippen MR) is 102 cm³/mol. The molecular formula is C18H15ClN4O4. The molecule has 2 N–H and O–H groups in total. The first-order valence-corrected chi connectivity index (χ1v) is 8.00. The average Bonchev–Trinajstić information content (AvgIpc) is 2.65. The molecule has 0 spiro atoms. The molecule has 0 aliphatic rings. The Hall–Kier alpha value is -3.57. The van der Waals surface area contributed by atoms with Crippen molar-refractivity contribution in [2.45, 2.75) is 6.92 Å². The summed E-state index contributed by atoms with van der Waals surface area (Å²) in [6.45, 7) is 1.85. The topological polar surface area (TPSA) is 117 Å². The van der Waals surface area contributed by atoms with Crippen molar-refractivity contribution in [1.29, 1.82) is 5.26 Å². The van der Waals surface area contributed by atoms with Gasteiger partial charge in [0.2, 0.25) is 0 Å². The molecule has 0 aliphatic heterocycles. The third-order valence-electron chi connectivity index (χ3n) is 3.58. The van der Waals surface area contributed by atoms with Crippen LogP contribution in [-0.2, 0) is 4.79 Å². The van der Waals surface area contributed by atoms with Gasteiger partial charge in [0, 0.05) is 23.0 Å². The number of rotatable bonds is 6. The number of aryl methyl sites for hydroxylation is 1. The van der Waals surface area contributed by atoms with Crippen molar-refractivity contribution < 1.29 is 14.5 Å². The molecule has 0 heterocycles. The molecule has 0 fully saturated rings. The standard InChI is InChI=1S/C18H15ClN4O4/c1-11-3-4-13(19)7-16(11)21-10-12(9-20)18(24)22-15-6-5-14(23(25)26)8-17(15)27-2/h3-8,10,21H,1-2H3,(H,22,24)/b12-10-. The van der Waals surface area contributed by atoms with Gasteiger partial charge in [-0.05, 0) is 30.7 Å². The molecule has 1 amide bonds. The van der Waals surface area contributed by atoms with Gasteiger partial charge in [-0.3, -0.25) is 14.9 Å². The Labute approximate surface area is 160 Å². The summed E-state index contributed by atoms with van der Waals surface area (Å²) < 4.78 is 5.06. The highest BCUT2D eigenvalue weighted by atomic mass is 35.5. The van der Waals surface area contributed by atoms with Crippen molar-refractivity contribution in [2.75, 3.05) is 17.7 Å². The third-order valence-corrected chi connectivity index (χ3v) is 3.82. The molecule has 0 aliphatic carbocycles.